The lowest BCUT2D eigenvalue weighted by molar-refractivity contribution is 0.120. The molecule has 1 saturated heterocycles. The minimum absolute atomic E-state index is 0.434. The Balaban J connectivity index is 2.72. The Hall–Kier alpha value is -0.210. The van der Waals surface area contributed by atoms with Gasteiger partial charge in [0.25, 0.3) is 10.2 Å². The number of rotatable bonds is 5. The quantitative estimate of drug-likeness (QED) is 0.622. The molecule has 0 atom stereocenters. The van der Waals surface area contributed by atoms with Crippen LogP contribution in [0, 0.1) is 0 Å². The van der Waals surface area contributed by atoms with E-state index in [1.54, 1.807) is 0 Å². The maximum absolute atomic E-state index is 12.1. The summed E-state index contributed by atoms with van der Waals surface area (Å²) in [4.78, 5) is 0. The average molecular weight is 266 g/mol. The molecule has 1 aliphatic heterocycles. The molecule has 0 aromatic carbocycles. The van der Waals surface area contributed by atoms with Gasteiger partial charge in [0.1, 0.15) is 0 Å². The molecule has 0 unspecified atom stereocenters. The van der Waals surface area contributed by atoms with Crippen LogP contribution in [-0.4, -0.2) is 54.8 Å². The average Bonchev–Trinajstić information content (AvgIpc) is 2.57. The van der Waals surface area contributed by atoms with E-state index < -0.39 is 29.0 Å². The van der Waals surface area contributed by atoms with Crippen molar-refractivity contribution in [3.8, 4) is 0 Å². The van der Waals surface area contributed by atoms with Gasteiger partial charge in [-0.05, 0) is 19.8 Å². The SMILES string of the molecule is CC(CO)(CO)NS(=O)(=O)N1CCCCCC1. The Kier molecular flexibility index (Phi) is 5.33. The van der Waals surface area contributed by atoms with Crippen molar-refractivity contribution < 1.29 is 18.6 Å². The van der Waals surface area contributed by atoms with E-state index >= 15 is 0 Å². The van der Waals surface area contributed by atoms with E-state index in [0.717, 1.165) is 25.7 Å². The van der Waals surface area contributed by atoms with Gasteiger partial charge in [0.2, 0.25) is 0 Å². The largest absolute Gasteiger partial charge is 0.394 e. The fourth-order valence-corrected chi connectivity index (χ4v) is 3.39. The molecule has 1 aliphatic rings. The van der Waals surface area contributed by atoms with Crippen molar-refractivity contribution in [1.82, 2.24) is 9.03 Å². The second-order valence-corrected chi connectivity index (χ2v) is 6.47. The molecule has 17 heavy (non-hydrogen) atoms. The minimum Gasteiger partial charge on any atom is -0.394 e. The lowest BCUT2D eigenvalue weighted by Gasteiger charge is -2.29. The van der Waals surface area contributed by atoms with Crippen LogP contribution >= 0.6 is 0 Å². The van der Waals surface area contributed by atoms with E-state index in [1.165, 1.54) is 11.2 Å². The van der Waals surface area contributed by atoms with Crippen LogP contribution in [0.5, 0.6) is 0 Å². The van der Waals surface area contributed by atoms with Crippen molar-refractivity contribution in [2.75, 3.05) is 26.3 Å². The third-order valence-corrected chi connectivity index (χ3v) is 4.77. The van der Waals surface area contributed by atoms with Crippen LogP contribution in [0.2, 0.25) is 0 Å². The van der Waals surface area contributed by atoms with E-state index in [0.29, 0.717) is 13.1 Å². The summed E-state index contributed by atoms with van der Waals surface area (Å²) in [5.74, 6) is 0. The Morgan fingerprint density at radius 1 is 1.12 bits per heavy atom. The van der Waals surface area contributed by atoms with Crippen LogP contribution in [0.25, 0.3) is 0 Å². The van der Waals surface area contributed by atoms with Crippen LogP contribution in [0.3, 0.4) is 0 Å². The van der Waals surface area contributed by atoms with Gasteiger partial charge in [-0.25, -0.2) is 0 Å². The lowest BCUT2D eigenvalue weighted by atomic mass is 10.1. The number of aliphatic hydroxyl groups excluding tert-OH is 2. The highest BCUT2D eigenvalue weighted by Crippen LogP contribution is 2.14. The Labute approximate surface area is 103 Å². The molecule has 7 heteroatoms. The molecule has 0 bridgehead atoms. The molecule has 1 heterocycles. The van der Waals surface area contributed by atoms with Crippen molar-refractivity contribution in [2.24, 2.45) is 0 Å². The number of hydrogen-bond donors (Lipinski definition) is 3. The molecule has 0 saturated carbocycles. The first-order valence-electron chi connectivity index (χ1n) is 5.94. The summed E-state index contributed by atoms with van der Waals surface area (Å²) >= 11 is 0. The molecule has 0 amide bonds. The smallest absolute Gasteiger partial charge is 0.280 e. The highest BCUT2D eigenvalue weighted by molar-refractivity contribution is 7.87. The van der Waals surface area contributed by atoms with Gasteiger partial charge in [0.05, 0.1) is 18.8 Å². The van der Waals surface area contributed by atoms with Gasteiger partial charge in [0, 0.05) is 13.1 Å². The highest BCUT2D eigenvalue weighted by Gasteiger charge is 2.32. The topological polar surface area (TPSA) is 89.9 Å². The summed E-state index contributed by atoms with van der Waals surface area (Å²) in [5.41, 5.74) is -1.20. The van der Waals surface area contributed by atoms with Crippen LogP contribution in [0.1, 0.15) is 32.6 Å². The minimum atomic E-state index is -3.63. The van der Waals surface area contributed by atoms with Crippen LogP contribution in [0.4, 0.5) is 0 Å². The van der Waals surface area contributed by atoms with Gasteiger partial charge in [0.15, 0.2) is 0 Å². The summed E-state index contributed by atoms with van der Waals surface area (Å²) in [6.07, 6.45) is 3.80. The van der Waals surface area contributed by atoms with Gasteiger partial charge < -0.3 is 10.2 Å². The summed E-state index contributed by atoms with van der Waals surface area (Å²) in [7, 11) is -3.63. The summed E-state index contributed by atoms with van der Waals surface area (Å²) < 4.78 is 27.9. The number of aliphatic hydroxyl groups is 2. The fourth-order valence-electron chi connectivity index (χ4n) is 1.77. The first-order chi connectivity index (χ1) is 7.93. The number of nitrogens with one attached hydrogen (secondary N) is 1. The first-order valence-corrected chi connectivity index (χ1v) is 7.38. The van der Waals surface area contributed by atoms with Gasteiger partial charge in [-0.2, -0.15) is 17.4 Å². The normalized spacial score (nSPS) is 20.2. The lowest BCUT2D eigenvalue weighted by Crippen LogP contribution is -2.56. The van der Waals surface area contributed by atoms with Gasteiger partial charge in [-0.1, -0.05) is 12.8 Å². The molecule has 0 aromatic rings. The predicted molar refractivity (Wildman–Crippen MR) is 64.7 cm³/mol. The molecule has 0 radical (unpaired) electrons. The number of hydrogen-bond acceptors (Lipinski definition) is 4. The van der Waals surface area contributed by atoms with Crippen molar-refractivity contribution in [3.63, 3.8) is 0 Å². The van der Waals surface area contributed by atoms with Crippen molar-refractivity contribution in [1.29, 1.82) is 0 Å². The van der Waals surface area contributed by atoms with E-state index in [2.05, 4.69) is 4.72 Å². The molecule has 0 aliphatic carbocycles. The van der Waals surface area contributed by atoms with E-state index in [4.69, 9.17) is 10.2 Å². The molecule has 0 aromatic heterocycles. The Bertz CT molecular complexity index is 319. The fraction of sp³-hybridized carbons (Fsp3) is 1.00. The number of nitrogens with zero attached hydrogens (tertiary/aromatic N) is 1. The van der Waals surface area contributed by atoms with Crippen LogP contribution in [0.15, 0.2) is 0 Å². The van der Waals surface area contributed by atoms with E-state index in [9.17, 15) is 8.42 Å². The molecule has 1 rings (SSSR count). The zero-order valence-electron chi connectivity index (χ0n) is 10.2. The van der Waals surface area contributed by atoms with Crippen molar-refractivity contribution in [3.05, 3.63) is 0 Å². The monoisotopic (exact) mass is 266 g/mol. The molecular weight excluding hydrogens is 244 g/mol. The van der Waals surface area contributed by atoms with Crippen molar-refractivity contribution in [2.45, 2.75) is 38.1 Å². The third-order valence-electron chi connectivity index (χ3n) is 2.98. The van der Waals surface area contributed by atoms with E-state index in [-0.39, 0.29) is 0 Å². The van der Waals surface area contributed by atoms with Gasteiger partial charge in [-0.3, -0.25) is 0 Å². The first kappa shape index (κ1) is 14.8. The van der Waals surface area contributed by atoms with Gasteiger partial charge in [-0.15, -0.1) is 0 Å². The summed E-state index contributed by atoms with van der Waals surface area (Å²) in [6, 6.07) is 0. The maximum atomic E-state index is 12.1. The highest BCUT2D eigenvalue weighted by atomic mass is 32.2. The van der Waals surface area contributed by atoms with Gasteiger partial charge >= 0.3 is 0 Å². The van der Waals surface area contributed by atoms with Crippen LogP contribution < -0.4 is 4.72 Å². The molecule has 102 valence electrons. The Morgan fingerprint density at radius 2 is 1.59 bits per heavy atom. The standard InChI is InChI=1S/C10H22N2O4S/c1-10(8-13,9-14)11-17(15,16)12-6-4-2-3-5-7-12/h11,13-14H,2-9H2,1H3. The molecular formula is C10H22N2O4S. The molecule has 3 N–H and O–H groups in total. The second-order valence-electron chi connectivity index (χ2n) is 4.80. The predicted octanol–water partition coefficient (Wildman–Crippen LogP) is -0.560. The molecule has 1 fully saturated rings. The zero-order chi connectivity index (χ0) is 12.9. The van der Waals surface area contributed by atoms with E-state index in [1.807, 2.05) is 0 Å². The summed E-state index contributed by atoms with van der Waals surface area (Å²) in [6.45, 7) is 1.61. The Morgan fingerprint density at radius 3 is 2.00 bits per heavy atom. The molecule has 6 nitrogen and oxygen atoms in total. The van der Waals surface area contributed by atoms with Crippen LogP contribution in [-0.2, 0) is 10.2 Å². The third kappa shape index (κ3) is 4.18. The maximum Gasteiger partial charge on any atom is 0.280 e. The zero-order valence-corrected chi connectivity index (χ0v) is 11.0. The second kappa shape index (κ2) is 6.10. The van der Waals surface area contributed by atoms with Crippen molar-refractivity contribution >= 4 is 10.2 Å². The summed E-state index contributed by atoms with van der Waals surface area (Å²) in [5, 5.41) is 18.2. The molecule has 0 spiro atoms.